The van der Waals surface area contributed by atoms with E-state index in [1.165, 1.54) is 16.3 Å². The van der Waals surface area contributed by atoms with E-state index in [0.29, 0.717) is 22.2 Å². The first kappa shape index (κ1) is 22.6. The Labute approximate surface area is 195 Å². The summed E-state index contributed by atoms with van der Waals surface area (Å²) < 4.78 is 26.8. The van der Waals surface area contributed by atoms with Crippen molar-refractivity contribution >= 4 is 23.3 Å². The van der Waals surface area contributed by atoms with E-state index in [1.54, 1.807) is 36.5 Å². The van der Waals surface area contributed by atoms with Gasteiger partial charge in [-0.05, 0) is 48.4 Å². The summed E-state index contributed by atoms with van der Waals surface area (Å²) in [6, 6.07) is 17.3. The molecule has 0 atom stereocenters. The van der Waals surface area contributed by atoms with Gasteiger partial charge in [0, 0.05) is 22.8 Å². The lowest BCUT2D eigenvalue weighted by molar-refractivity contribution is 0.0992. The topological polar surface area (TPSA) is 69.3 Å². The van der Waals surface area contributed by atoms with E-state index in [-0.39, 0.29) is 18.9 Å². The van der Waals surface area contributed by atoms with E-state index in [9.17, 15) is 9.18 Å². The molecule has 2 aromatic heterocycles. The molecule has 0 saturated carbocycles. The van der Waals surface area contributed by atoms with Crippen LogP contribution in [-0.4, -0.2) is 15.7 Å². The SMILES string of the molecule is CCCc1ccc(OCc2ccc(C(=O)Nc3ccn(Cc4c(F)cccc4Cl)n3)o2)cc1. The summed E-state index contributed by atoms with van der Waals surface area (Å²) in [6.45, 7) is 2.49. The predicted octanol–water partition coefficient (Wildman–Crippen LogP) is 6.10. The number of aryl methyl sites for hydroxylation is 1. The molecule has 0 saturated heterocycles. The molecule has 33 heavy (non-hydrogen) atoms. The second kappa shape index (κ2) is 10.4. The van der Waals surface area contributed by atoms with E-state index in [4.69, 9.17) is 20.8 Å². The van der Waals surface area contributed by atoms with Gasteiger partial charge < -0.3 is 14.5 Å². The van der Waals surface area contributed by atoms with E-state index < -0.39 is 11.7 Å². The smallest absolute Gasteiger partial charge is 0.292 e. The molecule has 0 aliphatic rings. The van der Waals surface area contributed by atoms with Crippen molar-refractivity contribution in [1.82, 2.24) is 9.78 Å². The lowest BCUT2D eigenvalue weighted by Gasteiger charge is -2.06. The standard InChI is InChI=1S/C25H23ClFN3O3/c1-2-4-17-7-9-18(10-8-17)32-16-19-11-12-23(33-19)25(31)28-24-13-14-30(29-24)15-20-21(26)5-3-6-22(20)27/h3,5-14H,2,4,15-16H2,1H3,(H,28,29,31). The third-order valence-corrected chi connectivity index (χ3v) is 5.35. The Balaban J connectivity index is 1.32. The molecule has 1 N–H and O–H groups in total. The number of nitrogens with one attached hydrogen (secondary N) is 1. The Hall–Kier alpha value is -3.58. The minimum absolute atomic E-state index is 0.138. The quantitative estimate of drug-likeness (QED) is 0.323. The molecule has 2 heterocycles. The number of benzene rings is 2. The number of ether oxygens (including phenoxy) is 1. The van der Waals surface area contributed by atoms with Crippen molar-refractivity contribution in [3.63, 3.8) is 0 Å². The maximum absolute atomic E-state index is 14.0. The van der Waals surface area contributed by atoms with Crippen LogP contribution in [-0.2, 0) is 19.6 Å². The summed E-state index contributed by atoms with van der Waals surface area (Å²) in [5.41, 5.74) is 1.59. The monoisotopic (exact) mass is 467 g/mol. The van der Waals surface area contributed by atoms with E-state index in [1.807, 2.05) is 24.3 Å². The Bertz CT molecular complexity index is 1210. The van der Waals surface area contributed by atoms with Crippen LogP contribution in [0.4, 0.5) is 10.2 Å². The van der Waals surface area contributed by atoms with Gasteiger partial charge in [0.2, 0.25) is 0 Å². The summed E-state index contributed by atoms with van der Waals surface area (Å²) in [6.07, 6.45) is 3.76. The largest absolute Gasteiger partial charge is 0.486 e. The van der Waals surface area contributed by atoms with E-state index >= 15 is 0 Å². The van der Waals surface area contributed by atoms with Crippen molar-refractivity contribution in [2.24, 2.45) is 0 Å². The number of aromatic nitrogens is 2. The van der Waals surface area contributed by atoms with Crippen molar-refractivity contribution in [2.45, 2.75) is 32.9 Å². The van der Waals surface area contributed by atoms with Gasteiger partial charge in [-0.25, -0.2) is 4.39 Å². The van der Waals surface area contributed by atoms with Crippen molar-refractivity contribution in [3.05, 3.63) is 100 Å². The molecule has 0 unspecified atom stereocenters. The highest BCUT2D eigenvalue weighted by Crippen LogP contribution is 2.21. The van der Waals surface area contributed by atoms with Crippen LogP contribution in [0.15, 0.2) is 71.3 Å². The molecule has 0 aliphatic heterocycles. The van der Waals surface area contributed by atoms with Crippen molar-refractivity contribution < 1.29 is 18.3 Å². The second-order valence-corrected chi connectivity index (χ2v) is 7.91. The molecule has 4 aromatic rings. The van der Waals surface area contributed by atoms with Crippen LogP contribution in [0.3, 0.4) is 0 Å². The molecule has 2 aromatic carbocycles. The first-order chi connectivity index (χ1) is 16.0. The second-order valence-electron chi connectivity index (χ2n) is 7.50. The normalized spacial score (nSPS) is 10.9. The molecule has 0 aliphatic carbocycles. The molecule has 170 valence electrons. The molecular weight excluding hydrogens is 445 g/mol. The average molecular weight is 468 g/mol. The number of rotatable bonds is 9. The molecular formula is C25H23ClFN3O3. The predicted molar refractivity (Wildman–Crippen MR) is 124 cm³/mol. The highest BCUT2D eigenvalue weighted by atomic mass is 35.5. The average Bonchev–Trinajstić information content (AvgIpc) is 3.46. The highest BCUT2D eigenvalue weighted by molar-refractivity contribution is 6.31. The molecule has 0 bridgehead atoms. The van der Waals surface area contributed by atoms with Gasteiger partial charge in [0.1, 0.15) is 23.9 Å². The third kappa shape index (κ3) is 5.81. The molecule has 1 amide bonds. The van der Waals surface area contributed by atoms with Crippen LogP contribution >= 0.6 is 11.6 Å². The number of anilines is 1. The summed E-state index contributed by atoms with van der Waals surface area (Å²) in [5.74, 6) is 0.854. The fourth-order valence-electron chi connectivity index (χ4n) is 3.31. The minimum atomic E-state index is -0.445. The number of amides is 1. The number of furan rings is 1. The number of carbonyl (C=O) groups is 1. The molecule has 8 heteroatoms. The summed E-state index contributed by atoms with van der Waals surface area (Å²) in [4.78, 5) is 12.5. The maximum atomic E-state index is 14.0. The minimum Gasteiger partial charge on any atom is -0.486 e. The number of hydrogen-bond acceptors (Lipinski definition) is 4. The lowest BCUT2D eigenvalue weighted by Crippen LogP contribution is -2.12. The first-order valence-electron chi connectivity index (χ1n) is 10.6. The molecule has 6 nitrogen and oxygen atoms in total. The molecule has 0 radical (unpaired) electrons. The van der Waals surface area contributed by atoms with Crippen LogP contribution in [0.25, 0.3) is 0 Å². The van der Waals surface area contributed by atoms with Gasteiger partial charge in [0.15, 0.2) is 11.6 Å². The van der Waals surface area contributed by atoms with Gasteiger partial charge in [-0.3, -0.25) is 9.48 Å². The third-order valence-electron chi connectivity index (χ3n) is 4.99. The van der Waals surface area contributed by atoms with Crippen LogP contribution in [0, 0.1) is 5.82 Å². The summed E-state index contributed by atoms with van der Waals surface area (Å²) >= 11 is 6.06. The zero-order valence-corrected chi connectivity index (χ0v) is 18.8. The van der Waals surface area contributed by atoms with Crippen molar-refractivity contribution in [2.75, 3.05) is 5.32 Å². The summed E-state index contributed by atoms with van der Waals surface area (Å²) in [7, 11) is 0. The van der Waals surface area contributed by atoms with Crippen LogP contribution in [0.2, 0.25) is 5.02 Å². The zero-order valence-electron chi connectivity index (χ0n) is 18.1. The van der Waals surface area contributed by atoms with E-state index in [0.717, 1.165) is 18.6 Å². The number of hydrogen-bond donors (Lipinski definition) is 1. The van der Waals surface area contributed by atoms with Gasteiger partial charge in [-0.1, -0.05) is 43.1 Å². The van der Waals surface area contributed by atoms with E-state index in [2.05, 4.69) is 17.3 Å². The van der Waals surface area contributed by atoms with Gasteiger partial charge in [-0.2, -0.15) is 5.10 Å². The van der Waals surface area contributed by atoms with Crippen molar-refractivity contribution in [3.8, 4) is 5.75 Å². The Morgan fingerprint density at radius 2 is 1.97 bits per heavy atom. The van der Waals surface area contributed by atoms with Gasteiger partial charge in [0.05, 0.1) is 6.54 Å². The van der Waals surface area contributed by atoms with Gasteiger partial charge >= 0.3 is 0 Å². The zero-order chi connectivity index (χ0) is 23.2. The van der Waals surface area contributed by atoms with Gasteiger partial charge in [-0.15, -0.1) is 0 Å². The Morgan fingerprint density at radius 3 is 2.73 bits per heavy atom. The summed E-state index contributed by atoms with van der Waals surface area (Å²) in [5, 5.41) is 7.23. The molecule has 0 spiro atoms. The maximum Gasteiger partial charge on any atom is 0.292 e. The molecule has 0 fully saturated rings. The number of halogens is 2. The van der Waals surface area contributed by atoms with Crippen LogP contribution in [0.5, 0.6) is 5.75 Å². The first-order valence-corrected chi connectivity index (χ1v) is 11.0. The van der Waals surface area contributed by atoms with Gasteiger partial charge in [0.25, 0.3) is 5.91 Å². The lowest BCUT2D eigenvalue weighted by atomic mass is 10.1. The number of nitrogens with zero attached hydrogens (tertiary/aromatic N) is 2. The fraction of sp³-hybridized carbons (Fsp3) is 0.200. The Kier molecular flexibility index (Phi) is 7.10. The fourth-order valence-corrected chi connectivity index (χ4v) is 3.54. The highest BCUT2D eigenvalue weighted by Gasteiger charge is 2.14. The van der Waals surface area contributed by atoms with Crippen LogP contribution < -0.4 is 10.1 Å². The number of carbonyl (C=O) groups excluding carboxylic acids is 1. The van der Waals surface area contributed by atoms with Crippen LogP contribution in [0.1, 0.15) is 40.8 Å². The molecule has 4 rings (SSSR count). The van der Waals surface area contributed by atoms with Crippen molar-refractivity contribution in [1.29, 1.82) is 0 Å². The Morgan fingerprint density at radius 1 is 1.15 bits per heavy atom.